The topological polar surface area (TPSA) is 66.8 Å². The highest BCUT2D eigenvalue weighted by atomic mass is 79.9. The second-order valence-corrected chi connectivity index (χ2v) is 5.36. The molecule has 0 aromatic heterocycles. The normalized spacial score (nSPS) is 18.8. The number of likely N-dealkylation sites (tertiary alicyclic amines) is 1. The Balaban J connectivity index is 2.15. The molecule has 1 unspecified atom stereocenters. The molecule has 2 rings (SSSR count). The van der Waals surface area contributed by atoms with Crippen LogP contribution in [0.25, 0.3) is 6.08 Å². The summed E-state index contributed by atoms with van der Waals surface area (Å²) in [5, 5.41) is 8.65. The lowest BCUT2D eigenvalue weighted by molar-refractivity contribution is -0.132. The Bertz CT molecular complexity index is 570. The van der Waals surface area contributed by atoms with E-state index < -0.39 is 12.1 Å². The zero-order chi connectivity index (χ0) is 14.7. The van der Waals surface area contributed by atoms with Crippen LogP contribution < -0.4 is 4.74 Å². The molecular weight excluding hydrogens is 326 g/mol. The van der Waals surface area contributed by atoms with Crippen molar-refractivity contribution in [1.29, 1.82) is 0 Å². The fourth-order valence-corrected chi connectivity index (χ4v) is 2.33. The lowest BCUT2D eigenvalue weighted by Crippen LogP contribution is -2.29. The molecule has 1 N–H and O–H groups in total. The minimum atomic E-state index is -1.02. The molecule has 1 aromatic carbocycles. The van der Waals surface area contributed by atoms with Gasteiger partial charge in [-0.15, -0.1) is 0 Å². The van der Waals surface area contributed by atoms with Gasteiger partial charge < -0.3 is 14.7 Å². The van der Waals surface area contributed by atoms with Crippen LogP contribution in [0, 0.1) is 0 Å². The first-order chi connectivity index (χ1) is 9.47. The van der Waals surface area contributed by atoms with E-state index in [9.17, 15) is 9.59 Å². The molecule has 1 aliphatic rings. The van der Waals surface area contributed by atoms with Crippen LogP contribution in [-0.4, -0.2) is 41.6 Å². The second kappa shape index (κ2) is 6.09. The number of nitrogens with zero attached hydrogens (tertiary/aromatic N) is 1. The second-order valence-electron chi connectivity index (χ2n) is 4.51. The van der Waals surface area contributed by atoms with Crippen molar-refractivity contribution in [1.82, 2.24) is 4.90 Å². The Morgan fingerprint density at radius 1 is 1.55 bits per heavy atom. The average molecular weight is 340 g/mol. The van der Waals surface area contributed by atoms with Gasteiger partial charge in [0.15, 0.2) is 6.10 Å². The summed E-state index contributed by atoms with van der Waals surface area (Å²) < 4.78 is 6.43. The predicted molar refractivity (Wildman–Crippen MR) is 77.5 cm³/mol. The van der Waals surface area contributed by atoms with Crippen molar-refractivity contribution in [3.63, 3.8) is 0 Å². The third kappa shape index (κ3) is 3.39. The number of ether oxygens (including phenoxy) is 1. The van der Waals surface area contributed by atoms with Crippen LogP contribution in [0.3, 0.4) is 0 Å². The molecule has 20 heavy (non-hydrogen) atoms. The molecule has 1 aliphatic heterocycles. The highest BCUT2D eigenvalue weighted by Gasteiger charge is 2.30. The van der Waals surface area contributed by atoms with Gasteiger partial charge in [0.2, 0.25) is 0 Å². The van der Waals surface area contributed by atoms with Crippen LogP contribution in [0.4, 0.5) is 0 Å². The molecule has 1 amide bonds. The van der Waals surface area contributed by atoms with Gasteiger partial charge in [-0.3, -0.25) is 4.79 Å². The Hall–Kier alpha value is -1.82. The van der Waals surface area contributed by atoms with Crippen molar-refractivity contribution in [3.8, 4) is 5.75 Å². The number of carbonyl (C=O) groups excluding carboxylic acids is 1. The molecule has 1 saturated heterocycles. The van der Waals surface area contributed by atoms with Crippen molar-refractivity contribution in [2.45, 2.75) is 12.5 Å². The minimum Gasteiger partial charge on any atom is -0.481 e. The van der Waals surface area contributed by atoms with Crippen molar-refractivity contribution in [2.24, 2.45) is 0 Å². The first kappa shape index (κ1) is 14.6. The first-order valence-electron chi connectivity index (χ1n) is 6.09. The van der Waals surface area contributed by atoms with Gasteiger partial charge in [0, 0.05) is 30.6 Å². The number of halogens is 1. The predicted octanol–water partition coefficient (Wildman–Crippen LogP) is 2.16. The van der Waals surface area contributed by atoms with Crippen molar-refractivity contribution >= 4 is 33.9 Å². The van der Waals surface area contributed by atoms with E-state index >= 15 is 0 Å². The van der Waals surface area contributed by atoms with Crippen LogP contribution in [0.15, 0.2) is 28.7 Å². The Kier molecular flexibility index (Phi) is 4.44. The standard InChI is InChI=1S/C14H14BrNO4/c1-16-7-6-12(14(16)19)20-10-3-4-11(15)9(8-10)2-5-13(17)18/h2-5,8,12H,6-7H2,1H3,(H,17,18)/b5-2+. The van der Waals surface area contributed by atoms with Crippen LogP contribution in [-0.2, 0) is 9.59 Å². The fraction of sp³-hybridized carbons (Fsp3) is 0.286. The SMILES string of the molecule is CN1CCC(Oc2ccc(Br)c(/C=C/C(=O)O)c2)C1=O. The third-order valence-corrected chi connectivity index (χ3v) is 3.75. The van der Waals surface area contributed by atoms with E-state index in [-0.39, 0.29) is 5.91 Å². The number of benzene rings is 1. The molecule has 0 aliphatic carbocycles. The third-order valence-electron chi connectivity index (χ3n) is 3.03. The smallest absolute Gasteiger partial charge is 0.328 e. The number of carbonyl (C=O) groups is 2. The fourth-order valence-electron chi connectivity index (χ4n) is 1.95. The Labute approximate surface area is 125 Å². The van der Waals surface area contributed by atoms with Gasteiger partial charge in [0.05, 0.1) is 0 Å². The summed E-state index contributed by atoms with van der Waals surface area (Å²) in [6.07, 6.45) is 2.73. The lowest BCUT2D eigenvalue weighted by atomic mass is 10.2. The van der Waals surface area contributed by atoms with E-state index in [1.807, 2.05) is 0 Å². The summed E-state index contributed by atoms with van der Waals surface area (Å²) in [5.41, 5.74) is 0.684. The summed E-state index contributed by atoms with van der Waals surface area (Å²) >= 11 is 3.34. The van der Waals surface area contributed by atoms with Gasteiger partial charge in [-0.1, -0.05) is 15.9 Å². The maximum Gasteiger partial charge on any atom is 0.328 e. The van der Waals surface area contributed by atoms with Gasteiger partial charge in [-0.2, -0.15) is 0 Å². The highest BCUT2D eigenvalue weighted by Crippen LogP contribution is 2.26. The van der Waals surface area contributed by atoms with Gasteiger partial charge in [-0.25, -0.2) is 4.79 Å². The molecular formula is C14H14BrNO4. The molecule has 1 heterocycles. The molecule has 1 atom stereocenters. The molecule has 0 radical (unpaired) electrons. The van der Waals surface area contributed by atoms with Crippen LogP contribution >= 0.6 is 15.9 Å². The molecule has 0 bridgehead atoms. The van der Waals surface area contributed by atoms with Crippen LogP contribution in [0.1, 0.15) is 12.0 Å². The molecule has 5 nitrogen and oxygen atoms in total. The number of likely N-dealkylation sites (N-methyl/N-ethyl adjacent to an activating group) is 1. The van der Waals surface area contributed by atoms with Gasteiger partial charge in [0.1, 0.15) is 5.75 Å². The van der Waals surface area contributed by atoms with Crippen LogP contribution in [0.5, 0.6) is 5.75 Å². The van der Waals surface area contributed by atoms with Crippen molar-refractivity contribution in [3.05, 3.63) is 34.3 Å². The quantitative estimate of drug-likeness (QED) is 0.853. The number of carboxylic acids is 1. The summed E-state index contributed by atoms with van der Waals surface area (Å²) in [4.78, 5) is 24.0. The number of aliphatic carboxylic acids is 1. The number of hydrogen-bond acceptors (Lipinski definition) is 3. The summed E-state index contributed by atoms with van der Waals surface area (Å²) in [6.45, 7) is 0.686. The van der Waals surface area contributed by atoms with E-state index in [2.05, 4.69) is 15.9 Å². The maximum absolute atomic E-state index is 11.8. The number of carboxylic acid groups (broad SMARTS) is 1. The Morgan fingerprint density at radius 3 is 2.90 bits per heavy atom. The molecule has 0 spiro atoms. The highest BCUT2D eigenvalue weighted by molar-refractivity contribution is 9.10. The molecule has 106 valence electrons. The summed E-state index contributed by atoms with van der Waals surface area (Å²) in [7, 11) is 1.74. The summed E-state index contributed by atoms with van der Waals surface area (Å²) in [6, 6.07) is 5.21. The molecule has 0 saturated carbocycles. The van der Waals surface area contributed by atoms with Crippen LogP contribution in [0.2, 0.25) is 0 Å². The van der Waals surface area contributed by atoms with E-state index in [0.29, 0.717) is 24.3 Å². The van der Waals surface area contributed by atoms with Gasteiger partial charge in [-0.05, 0) is 29.8 Å². The molecule has 6 heteroatoms. The molecule has 1 aromatic rings. The van der Waals surface area contributed by atoms with E-state index in [0.717, 1.165) is 10.5 Å². The first-order valence-corrected chi connectivity index (χ1v) is 6.89. The van der Waals surface area contributed by atoms with Gasteiger partial charge in [0.25, 0.3) is 5.91 Å². The maximum atomic E-state index is 11.8. The molecule has 1 fully saturated rings. The van der Waals surface area contributed by atoms with E-state index in [4.69, 9.17) is 9.84 Å². The van der Waals surface area contributed by atoms with E-state index in [1.165, 1.54) is 6.08 Å². The number of rotatable bonds is 4. The monoisotopic (exact) mass is 339 g/mol. The van der Waals surface area contributed by atoms with E-state index in [1.54, 1.807) is 30.1 Å². The lowest BCUT2D eigenvalue weighted by Gasteiger charge is -2.13. The van der Waals surface area contributed by atoms with Gasteiger partial charge >= 0.3 is 5.97 Å². The minimum absolute atomic E-state index is 0.0319. The number of hydrogen-bond donors (Lipinski definition) is 1. The van der Waals surface area contributed by atoms with Crippen molar-refractivity contribution in [2.75, 3.05) is 13.6 Å². The Morgan fingerprint density at radius 2 is 2.30 bits per heavy atom. The average Bonchev–Trinajstić information content (AvgIpc) is 2.71. The van der Waals surface area contributed by atoms with Crippen molar-refractivity contribution < 1.29 is 19.4 Å². The zero-order valence-electron chi connectivity index (χ0n) is 10.9. The largest absolute Gasteiger partial charge is 0.481 e. The zero-order valence-corrected chi connectivity index (χ0v) is 12.5. The number of amides is 1. The summed E-state index contributed by atoms with van der Waals surface area (Å²) in [5.74, 6) is -0.502.